The predicted molar refractivity (Wildman–Crippen MR) is 67.9 cm³/mol. The van der Waals surface area contributed by atoms with Crippen molar-refractivity contribution in [3.05, 3.63) is 60.7 Å². The number of rotatable bonds is 4. The molecule has 0 amide bonds. The summed E-state index contributed by atoms with van der Waals surface area (Å²) in [6.45, 7) is 0. The average molecular weight is 247 g/mol. The van der Waals surface area contributed by atoms with Gasteiger partial charge in [0.1, 0.15) is 0 Å². The summed E-state index contributed by atoms with van der Waals surface area (Å²) in [5.74, 6) is 0. The van der Waals surface area contributed by atoms with Gasteiger partial charge in [-0.05, 0) is 24.3 Å². The SMILES string of the molecule is O=S([O-])N(Nc1ccccc1)c1ccccc1. The highest BCUT2D eigenvalue weighted by atomic mass is 32.2. The van der Waals surface area contributed by atoms with Crippen LogP contribution in [-0.4, -0.2) is 8.76 Å². The van der Waals surface area contributed by atoms with Gasteiger partial charge in [-0.15, -0.1) is 0 Å². The molecule has 2 rings (SSSR count). The lowest BCUT2D eigenvalue weighted by Gasteiger charge is -2.27. The molecule has 0 bridgehead atoms. The van der Waals surface area contributed by atoms with Gasteiger partial charge < -0.3 is 4.55 Å². The first kappa shape index (κ1) is 11.6. The van der Waals surface area contributed by atoms with Gasteiger partial charge >= 0.3 is 0 Å². The number of para-hydroxylation sites is 2. The molecule has 0 fully saturated rings. The Balaban J connectivity index is 2.23. The van der Waals surface area contributed by atoms with Gasteiger partial charge in [0, 0.05) is 0 Å². The highest BCUT2D eigenvalue weighted by molar-refractivity contribution is 7.80. The van der Waals surface area contributed by atoms with Crippen LogP contribution >= 0.6 is 0 Å². The predicted octanol–water partition coefficient (Wildman–Crippen LogP) is 2.31. The Hall–Kier alpha value is -1.85. The Morgan fingerprint density at radius 2 is 1.47 bits per heavy atom. The van der Waals surface area contributed by atoms with Gasteiger partial charge in [0.25, 0.3) is 0 Å². The Kier molecular flexibility index (Phi) is 3.74. The summed E-state index contributed by atoms with van der Waals surface area (Å²) in [7, 11) is 0. The van der Waals surface area contributed by atoms with E-state index in [4.69, 9.17) is 0 Å². The fourth-order valence-electron chi connectivity index (χ4n) is 1.38. The summed E-state index contributed by atoms with van der Waals surface area (Å²) in [4.78, 5) is 0. The van der Waals surface area contributed by atoms with Crippen molar-refractivity contribution < 1.29 is 8.76 Å². The molecule has 0 aliphatic carbocycles. The molecule has 88 valence electrons. The van der Waals surface area contributed by atoms with Crippen LogP contribution in [0.2, 0.25) is 0 Å². The molecule has 0 saturated heterocycles. The quantitative estimate of drug-likeness (QED) is 0.666. The van der Waals surface area contributed by atoms with E-state index in [2.05, 4.69) is 5.43 Å². The molecule has 0 aromatic heterocycles. The number of hydrogen-bond acceptors (Lipinski definition) is 3. The molecule has 2 aromatic carbocycles. The van der Waals surface area contributed by atoms with Crippen LogP contribution in [0.3, 0.4) is 0 Å². The number of anilines is 2. The van der Waals surface area contributed by atoms with Crippen molar-refractivity contribution in [1.29, 1.82) is 0 Å². The van der Waals surface area contributed by atoms with Gasteiger partial charge in [0.15, 0.2) is 0 Å². The molecule has 1 N–H and O–H groups in total. The molecular formula is C12H11N2O2S-. The van der Waals surface area contributed by atoms with Crippen LogP contribution in [0.25, 0.3) is 0 Å². The maximum absolute atomic E-state index is 11.2. The highest BCUT2D eigenvalue weighted by Gasteiger charge is 2.05. The fourth-order valence-corrected chi connectivity index (χ4v) is 1.86. The minimum atomic E-state index is -2.38. The molecule has 0 radical (unpaired) electrons. The lowest BCUT2D eigenvalue weighted by atomic mass is 10.3. The van der Waals surface area contributed by atoms with Crippen molar-refractivity contribution in [2.24, 2.45) is 0 Å². The minimum Gasteiger partial charge on any atom is -0.754 e. The summed E-state index contributed by atoms with van der Waals surface area (Å²) in [5, 5.41) is 0. The van der Waals surface area contributed by atoms with Crippen LogP contribution in [0, 0.1) is 0 Å². The van der Waals surface area contributed by atoms with Gasteiger partial charge in [-0.2, -0.15) is 0 Å². The van der Waals surface area contributed by atoms with Crippen LogP contribution < -0.4 is 9.84 Å². The fraction of sp³-hybridized carbons (Fsp3) is 0. The molecule has 0 spiro atoms. The molecule has 4 nitrogen and oxygen atoms in total. The second-order valence-electron chi connectivity index (χ2n) is 3.32. The number of nitrogens with zero attached hydrogens (tertiary/aromatic N) is 1. The molecule has 1 unspecified atom stereocenters. The minimum absolute atomic E-state index is 0.560. The van der Waals surface area contributed by atoms with Crippen molar-refractivity contribution in [3.8, 4) is 0 Å². The lowest BCUT2D eigenvalue weighted by Crippen LogP contribution is -2.31. The summed E-state index contributed by atoms with van der Waals surface area (Å²) in [6.07, 6.45) is 0. The Morgan fingerprint density at radius 1 is 0.941 bits per heavy atom. The molecular weight excluding hydrogens is 236 g/mol. The number of hydrogen-bond donors (Lipinski definition) is 1. The zero-order chi connectivity index (χ0) is 12.1. The van der Waals surface area contributed by atoms with Crippen molar-refractivity contribution in [1.82, 2.24) is 0 Å². The summed E-state index contributed by atoms with van der Waals surface area (Å²) in [5.41, 5.74) is 4.08. The molecule has 0 aliphatic heterocycles. The number of hydrazine groups is 1. The molecule has 5 heteroatoms. The van der Waals surface area contributed by atoms with Crippen LogP contribution in [0.1, 0.15) is 0 Å². The molecule has 0 aliphatic rings. The normalized spacial score (nSPS) is 11.8. The first-order valence-corrected chi connectivity index (χ1v) is 6.07. The van der Waals surface area contributed by atoms with Gasteiger partial charge in [-0.3, -0.25) is 9.63 Å². The zero-order valence-electron chi connectivity index (χ0n) is 8.95. The third kappa shape index (κ3) is 3.05. The topological polar surface area (TPSA) is 55.4 Å². The first-order chi connectivity index (χ1) is 8.27. The molecule has 1 atom stereocenters. The third-order valence-electron chi connectivity index (χ3n) is 2.14. The van der Waals surface area contributed by atoms with E-state index in [1.807, 2.05) is 24.3 Å². The second-order valence-corrected chi connectivity index (χ2v) is 4.12. The number of benzene rings is 2. The molecule has 0 heterocycles. The van der Waals surface area contributed by atoms with E-state index in [-0.39, 0.29) is 0 Å². The van der Waals surface area contributed by atoms with E-state index in [9.17, 15) is 8.76 Å². The second kappa shape index (κ2) is 5.47. The summed E-state index contributed by atoms with van der Waals surface area (Å²) in [6, 6.07) is 17.9. The summed E-state index contributed by atoms with van der Waals surface area (Å²) < 4.78 is 23.4. The third-order valence-corrected chi connectivity index (χ3v) is 2.74. The highest BCUT2D eigenvalue weighted by Crippen LogP contribution is 2.16. The van der Waals surface area contributed by atoms with Crippen molar-refractivity contribution in [2.45, 2.75) is 0 Å². The van der Waals surface area contributed by atoms with E-state index < -0.39 is 11.3 Å². The van der Waals surface area contributed by atoms with Gasteiger partial charge in [0.2, 0.25) is 0 Å². The van der Waals surface area contributed by atoms with Crippen molar-refractivity contribution in [2.75, 3.05) is 9.84 Å². The maximum atomic E-state index is 11.2. The molecule has 17 heavy (non-hydrogen) atoms. The number of nitrogens with one attached hydrogen (secondary N) is 1. The first-order valence-electron chi connectivity index (χ1n) is 5.03. The molecule has 0 saturated carbocycles. The van der Waals surface area contributed by atoms with Crippen molar-refractivity contribution in [3.63, 3.8) is 0 Å². The van der Waals surface area contributed by atoms with E-state index in [1.54, 1.807) is 36.4 Å². The van der Waals surface area contributed by atoms with Crippen LogP contribution in [0.4, 0.5) is 11.4 Å². The van der Waals surface area contributed by atoms with Crippen LogP contribution in [-0.2, 0) is 11.3 Å². The van der Waals surface area contributed by atoms with E-state index >= 15 is 0 Å². The smallest absolute Gasteiger partial charge is 0.0715 e. The van der Waals surface area contributed by atoms with Crippen molar-refractivity contribution >= 4 is 22.6 Å². The Bertz CT molecular complexity index is 490. The van der Waals surface area contributed by atoms with Gasteiger partial charge in [-0.25, -0.2) is 4.41 Å². The van der Waals surface area contributed by atoms with E-state index in [1.165, 1.54) is 0 Å². The van der Waals surface area contributed by atoms with E-state index in [0.29, 0.717) is 11.4 Å². The largest absolute Gasteiger partial charge is 0.754 e. The van der Waals surface area contributed by atoms with Gasteiger partial charge in [-0.1, -0.05) is 36.4 Å². The average Bonchev–Trinajstić information content (AvgIpc) is 2.38. The standard InChI is InChI=1S/C12H12N2O2S/c15-17(16)14(12-9-5-2-6-10-12)13-11-7-3-1-4-8-11/h1-10,13H,(H,15,16)/p-1. The monoisotopic (exact) mass is 247 g/mol. The van der Waals surface area contributed by atoms with Crippen LogP contribution in [0.15, 0.2) is 60.7 Å². The van der Waals surface area contributed by atoms with Crippen LogP contribution in [0.5, 0.6) is 0 Å². The Labute approximate surface area is 102 Å². The maximum Gasteiger partial charge on any atom is 0.0715 e. The van der Waals surface area contributed by atoms with Gasteiger partial charge in [0.05, 0.1) is 22.6 Å². The molecule has 2 aromatic rings. The zero-order valence-corrected chi connectivity index (χ0v) is 9.76. The lowest BCUT2D eigenvalue weighted by molar-refractivity contribution is 0.535. The van der Waals surface area contributed by atoms with E-state index in [0.717, 1.165) is 4.41 Å². The summed E-state index contributed by atoms with van der Waals surface area (Å²) >= 11 is -2.38. The Morgan fingerprint density at radius 3 is 2.00 bits per heavy atom.